The molecule has 0 radical (unpaired) electrons. The average molecular weight is 347 g/mol. The van der Waals surface area contributed by atoms with Crippen LogP contribution in [-0.2, 0) is 16.1 Å². The second-order valence-corrected chi connectivity index (χ2v) is 6.95. The first-order valence-corrected chi connectivity index (χ1v) is 8.76. The molecule has 1 amide bonds. The second-order valence-electron chi connectivity index (χ2n) is 6.95. The largest absolute Gasteiger partial charge is 0.497 e. The molecular formula is C19H25NO5. The Morgan fingerprint density at radius 2 is 1.64 bits per heavy atom. The Morgan fingerprint density at radius 1 is 1.08 bits per heavy atom. The summed E-state index contributed by atoms with van der Waals surface area (Å²) in [6, 6.07) is 5.37. The van der Waals surface area contributed by atoms with Crippen molar-refractivity contribution in [3.05, 3.63) is 23.8 Å². The fourth-order valence-electron chi connectivity index (χ4n) is 4.12. The van der Waals surface area contributed by atoms with Crippen molar-refractivity contribution in [1.29, 1.82) is 0 Å². The fraction of sp³-hybridized carbons (Fsp3) is 0.579. The molecule has 1 aromatic carbocycles. The zero-order valence-electron chi connectivity index (χ0n) is 14.7. The van der Waals surface area contributed by atoms with E-state index in [1.54, 1.807) is 20.3 Å². The number of methoxy groups -OCH3 is 2. The van der Waals surface area contributed by atoms with Gasteiger partial charge in [-0.05, 0) is 42.4 Å². The maximum Gasteiger partial charge on any atom is 0.323 e. The maximum atomic E-state index is 12.9. The van der Waals surface area contributed by atoms with Crippen LogP contribution in [0.4, 0.5) is 0 Å². The Kier molecular flexibility index (Phi) is 5.16. The van der Waals surface area contributed by atoms with E-state index >= 15 is 0 Å². The highest BCUT2D eigenvalue weighted by Gasteiger charge is 2.55. The lowest BCUT2D eigenvalue weighted by atomic mass is 10.0. The Hall–Kier alpha value is -2.24. The number of fused-ring (bicyclic) bond motifs is 1. The number of nitrogens with zero attached hydrogens (tertiary/aromatic N) is 1. The van der Waals surface area contributed by atoms with E-state index in [1.807, 2.05) is 12.1 Å². The number of ether oxygens (including phenoxy) is 2. The van der Waals surface area contributed by atoms with Gasteiger partial charge in [-0.15, -0.1) is 0 Å². The number of carbonyl (C=O) groups is 2. The molecule has 0 saturated heterocycles. The monoisotopic (exact) mass is 347 g/mol. The van der Waals surface area contributed by atoms with E-state index in [4.69, 9.17) is 9.47 Å². The highest BCUT2D eigenvalue weighted by Crippen LogP contribution is 2.56. The van der Waals surface area contributed by atoms with Gasteiger partial charge in [0, 0.05) is 18.5 Å². The van der Waals surface area contributed by atoms with Crippen molar-refractivity contribution in [3.63, 3.8) is 0 Å². The molecule has 3 rings (SSSR count). The number of amides is 1. The van der Waals surface area contributed by atoms with E-state index in [0.29, 0.717) is 23.3 Å². The molecule has 1 aromatic rings. The minimum Gasteiger partial charge on any atom is -0.497 e. The van der Waals surface area contributed by atoms with Crippen molar-refractivity contribution in [2.24, 2.45) is 17.8 Å². The molecule has 2 fully saturated rings. The normalized spacial score (nSPS) is 24.2. The predicted molar refractivity (Wildman–Crippen MR) is 91.5 cm³/mol. The van der Waals surface area contributed by atoms with Crippen LogP contribution >= 0.6 is 0 Å². The minimum atomic E-state index is -0.994. The third-order valence-corrected chi connectivity index (χ3v) is 5.36. The highest BCUT2D eigenvalue weighted by atomic mass is 16.5. The maximum absolute atomic E-state index is 12.9. The van der Waals surface area contributed by atoms with Crippen molar-refractivity contribution in [2.45, 2.75) is 32.2 Å². The molecule has 2 aliphatic rings. The van der Waals surface area contributed by atoms with E-state index in [1.165, 1.54) is 17.7 Å². The van der Waals surface area contributed by atoms with Gasteiger partial charge in [-0.2, -0.15) is 0 Å². The van der Waals surface area contributed by atoms with Gasteiger partial charge in [0.05, 0.1) is 14.2 Å². The molecule has 0 aliphatic heterocycles. The Bertz CT molecular complexity index is 625. The summed E-state index contributed by atoms with van der Waals surface area (Å²) in [6.07, 6.45) is 4.54. The molecule has 2 atom stereocenters. The molecular weight excluding hydrogens is 322 g/mol. The van der Waals surface area contributed by atoms with E-state index in [0.717, 1.165) is 18.4 Å². The highest BCUT2D eigenvalue weighted by molar-refractivity contribution is 5.85. The van der Waals surface area contributed by atoms with Crippen LogP contribution in [0, 0.1) is 17.8 Å². The van der Waals surface area contributed by atoms with Gasteiger partial charge in [0.15, 0.2) is 0 Å². The average Bonchev–Trinajstić information content (AvgIpc) is 3.34. The van der Waals surface area contributed by atoms with Gasteiger partial charge in [0.25, 0.3) is 0 Å². The van der Waals surface area contributed by atoms with Gasteiger partial charge in [-0.3, -0.25) is 9.59 Å². The van der Waals surface area contributed by atoms with Crippen LogP contribution in [-0.4, -0.2) is 42.6 Å². The summed E-state index contributed by atoms with van der Waals surface area (Å²) < 4.78 is 10.5. The minimum absolute atomic E-state index is 0.00866. The van der Waals surface area contributed by atoms with Gasteiger partial charge >= 0.3 is 5.97 Å². The van der Waals surface area contributed by atoms with Crippen LogP contribution in [0.1, 0.15) is 31.2 Å². The molecule has 2 saturated carbocycles. The van der Waals surface area contributed by atoms with Crippen LogP contribution < -0.4 is 9.47 Å². The number of hydrogen-bond donors (Lipinski definition) is 1. The predicted octanol–water partition coefficient (Wildman–Crippen LogP) is 2.55. The summed E-state index contributed by atoms with van der Waals surface area (Å²) in [6.45, 7) is -0.0388. The van der Waals surface area contributed by atoms with Crippen LogP contribution in [0.5, 0.6) is 11.5 Å². The molecule has 6 heteroatoms. The van der Waals surface area contributed by atoms with Gasteiger partial charge < -0.3 is 19.5 Å². The lowest BCUT2D eigenvalue weighted by molar-refractivity contribution is -0.145. The Morgan fingerprint density at radius 3 is 2.12 bits per heavy atom. The van der Waals surface area contributed by atoms with Crippen LogP contribution in [0.3, 0.4) is 0 Å². The van der Waals surface area contributed by atoms with E-state index in [-0.39, 0.29) is 24.9 Å². The van der Waals surface area contributed by atoms with Crippen molar-refractivity contribution < 1.29 is 24.2 Å². The van der Waals surface area contributed by atoms with E-state index in [2.05, 4.69) is 0 Å². The van der Waals surface area contributed by atoms with Crippen LogP contribution in [0.2, 0.25) is 0 Å². The third kappa shape index (κ3) is 3.89. The first-order valence-electron chi connectivity index (χ1n) is 8.76. The van der Waals surface area contributed by atoms with Gasteiger partial charge in [-0.1, -0.05) is 12.8 Å². The molecule has 25 heavy (non-hydrogen) atoms. The second kappa shape index (κ2) is 7.33. The number of benzene rings is 1. The zero-order chi connectivity index (χ0) is 18.0. The third-order valence-electron chi connectivity index (χ3n) is 5.36. The molecule has 6 nitrogen and oxygen atoms in total. The van der Waals surface area contributed by atoms with E-state index in [9.17, 15) is 14.7 Å². The number of carbonyl (C=O) groups excluding carboxylic acids is 1. The number of hydrogen-bond acceptors (Lipinski definition) is 4. The molecule has 0 bridgehead atoms. The fourth-order valence-corrected chi connectivity index (χ4v) is 4.12. The van der Waals surface area contributed by atoms with E-state index < -0.39 is 5.97 Å². The molecule has 0 heterocycles. The number of carboxylic acids is 1. The Labute approximate surface area is 147 Å². The van der Waals surface area contributed by atoms with Gasteiger partial charge in [0.2, 0.25) is 5.91 Å². The summed E-state index contributed by atoms with van der Waals surface area (Å²) in [7, 11) is 3.13. The van der Waals surface area contributed by atoms with Crippen molar-refractivity contribution in [1.82, 2.24) is 4.90 Å². The van der Waals surface area contributed by atoms with Crippen molar-refractivity contribution >= 4 is 11.9 Å². The topological polar surface area (TPSA) is 76.1 Å². The SMILES string of the molecule is COc1cc(CN(CC(=O)O)C(=O)C2C3CCCCC32)cc(OC)c1. The Balaban J connectivity index is 1.77. The summed E-state index contributed by atoms with van der Waals surface area (Å²) >= 11 is 0. The molecule has 0 aromatic heterocycles. The molecule has 0 spiro atoms. The summed E-state index contributed by atoms with van der Waals surface area (Å²) in [4.78, 5) is 25.6. The van der Waals surface area contributed by atoms with Crippen LogP contribution in [0.25, 0.3) is 0 Å². The molecule has 1 N–H and O–H groups in total. The quantitative estimate of drug-likeness (QED) is 0.820. The first kappa shape index (κ1) is 17.6. The lowest BCUT2D eigenvalue weighted by Crippen LogP contribution is -2.36. The smallest absolute Gasteiger partial charge is 0.323 e. The molecule has 2 aliphatic carbocycles. The summed E-state index contributed by atoms with van der Waals surface area (Å²) in [5.41, 5.74) is 0.800. The molecule has 2 unspecified atom stereocenters. The summed E-state index contributed by atoms with van der Waals surface area (Å²) in [5, 5.41) is 9.23. The van der Waals surface area contributed by atoms with Crippen molar-refractivity contribution in [3.8, 4) is 11.5 Å². The first-order chi connectivity index (χ1) is 12.0. The lowest BCUT2D eigenvalue weighted by Gasteiger charge is -2.22. The number of carboxylic acid groups (broad SMARTS) is 1. The summed E-state index contributed by atoms with van der Waals surface area (Å²) in [5.74, 6) is 1.14. The van der Waals surface area contributed by atoms with Crippen molar-refractivity contribution in [2.75, 3.05) is 20.8 Å². The molecule has 136 valence electrons. The zero-order valence-corrected chi connectivity index (χ0v) is 14.7. The van der Waals surface area contributed by atoms with Gasteiger partial charge in [0.1, 0.15) is 18.0 Å². The number of rotatable bonds is 7. The standard InChI is InChI=1S/C19H25NO5/c1-24-13-7-12(8-14(9-13)25-2)10-20(11-17(21)22)19(23)18-15-5-3-4-6-16(15)18/h7-9,15-16,18H,3-6,10-11H2,1-2H3,(H,21,22). The van der Waals surface area contributed by atoms with Crippen LogP contribution in [0.15, 0.2) is 18.2 Å². The number of aliphatic carboxylic acids is 1. The van der Waals surface area contributed by atoms with Gasteiger partial charge in [-0.25, -0.2) is 0 Å².